The molecule has 0 bridgehead atoms. The molecule has 7 nitrogen and oxygen atoms in total. The number of nitrogens with zero attached hydrogens (tertiary/aromatic N) is 1. The van der Waals surface area contributed by atoms with Crippen LogP contribution in [0.1, 0.15) is 45.7 Å². The van der Waals surface area contributed by atoms with E-state index in [9.17, 15) is 19.5 Å². The normalized spacial score (nSPS) is 32.7. The van der Waals surface area contributed by atoms with E-state index in [1.165, 1.54) is 4.90 Å². The van der Waals surface area contributed by atoms with Gasteiger partial charge in [-0.2, -0.15) is 0 Å². The quantitative estimate of drug-likeness (QED) is 0.664. The SMILES string of the molecule is CCc1cccc2c1NC(=O)C21NC(C(C)O)C2C(=O)N(C(C)(C)C)C(=O)C21. The van der Waals surface area contributed by atoms with E-state index >= 15 is 0 Å². The molecule has 2 saturated heterocycles. The number of nitrogens with one attached hydrogen (secondary N) is 2. The maximum Gasteiger partial charge on any atom is 0.250 e. The zero-order chi connectivity index (χ0) is 20.6. The molecule has 3 aliphatic heterocycles. The number of anilines is 1. The van der Waals surface area contributed by atoms with Crippen LogP contribution in [-0.2, 0) is 26.3 Å². The van der Waals surface area contributed by atoms with Crippen molar-refractivity contribution < 1.29 is 19.5 Å². The van der Waals surface area contributed by atoms with Gasteiger partial charge in [0.2, 0.25) is 17.7 Å². The topological polar surface area (TPSA) is 98.7 Å². The van der Waals surface area contributed by atoms with Crippen molar-refractivity contribution in [3.8, 4) is 0 Å². The third-order valence-electron chi connectivity index (χ3n) is 6.34. The molecule has 3 N–H and O–H groups in total. The number of para-hydroxylation sites is 1. The molecule has 150 valence electrons. The van der Waals surface area contributed by atoms with Crippen molar-refractivity contribution in [3.63, 3.8) is 0 Å². The number of aryl methyl sites for hydroxylation is 1. The second-order valence-electron chi connectivity index (χ2n) is 9.05. The van der Waals surface area contributed by atoms with E-state index in [-0.39, 0.29) is 17.7 Å². The Balaban J connectivity index is 1.94. The molecule has 0 saturated carbocycles. The lowest BCUT2D eigenvalue weighted by Gasteiger charge is -2.35. The van der Waals surface area contributed by atoms with Gasteiger partial charge in [-0.3, -0.25) is 24.6 Å². The molecule has 5 atom stereocenters. The molecule has 0 aromatic heterocycles. The Morgan fingerprint density at radius 2 is 1.89 bits per heavy atom. The summed E-state index contributed by atoms with van der Waals surface area (Å²) in [7, 11) is 0. The van der Waals surface area contributed by atoms with Crippen LogP contribution >= 0.6 is 0 Å². The van der Waals surface area contributed by atoms with Crippen molar-refractivity contribution in [2.75, 3.05) is 5.32 Å². The third kappa shape index (κ3) is 2.20. The van der Waals surface area contributed by atoms with Crippen LogP contribution < -0.4 is 10.6 Å². The predicted octanol–water partition coefficient (Wildman–Crippen LogP) is 1.15. The first-order chi connectivity index (χ1) is 13.1. The van der Waals surface area contributed by atoms with Gasteiger partial charge in [-0.25, -0.2) is 0 Å². The Kier molecular flexibility index (Phi) is 4.00. The Labute approximate surface area is 164 Å². The number of amides is 3. The standard InChI is InChI=1S/C21H27N3O4/c1-6-11-8-7-9-12-16(11)22-19(28)21(12)14-13(15(23-21)10(2)25)17(26)24(18(14)27)20(3,4)5/h7-10,13-15,23,25H,6H2,1-5H3,(H,22,28). The smallest absolute Gasteiger partial charge is 0.250 e. The Morgan fingerprint density at radius 3 is 2.46 bits per heavy atom. The van der Waals surface area contributed by atoms with Gasteiger partial charge in [-0.05, 0) is 39.7 Å². The minimum atomic E-state index is -1.35. The number of fused-ring (bicyclic) bond motifs is 4. The fourth-order valence-electron chi connectivity index (χ4n) is 5.19. The molecule has 3 heterocycles. The first kappa shape index (κ1) is 19.1. The summed E-state index contributed by atoms with van der Waals surface area (Å²) in [5.41, 5.74) is 0.325. The largest absolute Gasteiger partial charge is 0.392 e. The number of benzene rings is 1. The van der Waals surface area contributed by atoms with E-state index in [1.54, 1.807) is 27.7 Å². The number of aliphatic hydroxyl groups is 1. The van der Waals surface area contributed by atoms with Crippen molar-refractivity contribution in [2.24, 2.45) is 11.8 Å². The van der Waals surface area contributed by atoms with Crippen LogP contribution in [0.5, 0.6) is 0 Å². The second-order valence-corrected chi connectivity index (χ2v) is 9.05. The minimum absolute atomic E-state index is 0.328. The molecule has 28 heavy (non-hydrogen) atoms. The van der Waals surface area contributed by atoms with E-state index in [1.807, 2.05) is 25.1 Å². The molecule has 1 aromatic carbocycles. The highest BCUT2D eigenvalue weighted by molar-refractivity contribution is 6.15. The fraction of sp³-hybridized carbons (Fsp3) is 0.571. The number of imide groups is 1. The predicted molar refractivity (Wildman–Crippen MR) is 103 cm³/mol. The lowest BCUT2D eigenvalue weighted by atomic mass is 9.76. The molecule has 4 rings (SSSR count). The van der Waals surface area contributed by atoms with Crippen LogP contribution in [0.2, 0.25) is 0 Å². The van der Waals surface area contributed by atoms with Gasteiger partial charge in [0.1, 0.15) is 5.54 Å². The van der Waals surface area contributed by atoms with Crippen LogP contribution in [0.15, 0.2) is 18.2 Å². The highest BCUT2D eigenvalue weighted by Gasteiger charge is 2.72. The molecule has 5 unspecified atom stereocenters. The average molecular weight is 385 g/mol. The number of rotatable bonds is 2. The van der Waals surface area contributed by atoms with Crippen LogP contribution in [-0.4, -0.2) is 45.4 Å². The van der Waals surface area contributed by atoms with Gasteiger partial charge in [-0.1, -0.05) is 25.1 Å². The Hall–Kier alpha value is -2.25. The van der Waals surface area contributed by atoms with Gasteiger partial charge >= 0.3 is 0 Å². The molecule has 1 spiro atoms. The lowest BCUT2D eigenvalue weighted by molar-refractivity contribution is -0.148. The summed E-state index contributed by atoms with van der Waals surface area (Å²) in [6.07, 6.45) is -0.163. The number of aliphatic hydroxyl groups excluding tert-OH is 1. The van der Waals surface area contributed by atoms with Crippen molar-refractivity contribution in [3.05, 3.63) is 29.3 Å². The molecule has 3 aliphatic rings. The maximum atomic E-state index is 13.5. The van der Waals surface area contributed by atoms with Gasteiger partial charge < -0.3 is 10.4 Å². The van der Waals surface area contributed by atoms with E-state index in [2.05, 4.69) is 10.6 Å². The average Bonchev–Trinajstić information content (AvgIpc) is 3.19. The van der Waals surface area contributed by atoms with E-state index in [0.29, 0.717) is 11.3 Å². The van der Waals surface area contributed by atoms with Gasteiger partial charge in [0.15, 0.2) is 0 Å². The zero-order valence-corrected chi connectivity index (χ0v) is 16.9. The molecule has 0 aliphatic carbocycles. The maximum absolute atomic E-state index is 13.5. The molecule has 7 heteroatoms. The van der Waals surface area contributed by atoms with E-state index in [4.69, 9.17) is 0 Å². The van der Waals surface area contributed by atoms with Crippen molar-refractivity contribution in [1.82, 2.24) is 10.2 Å². The molecule has 1 aromatic rings. The molecule has 2 fully saturated rings. The summed E-state index contributed by atoms with van der Waals surface area (Å²) in [6, 6.07) is 4.96. The number of hydrogen-bond donors (Lipinski definition) is 3. The third-order valence-corrected chi connectivity index (χ3v) is 6.34. The van der Waals surface area contributed by atoms with Crippen molar-refractivity contribution >= 4 is 23.4 Å². The summed E-state index contributed by atoms with van der Waals surface area (Å²) in [4.78, 5) is 41.3. The van der Waals surface area contributed by atoms with Crippen molar-refractivity contribution in [1.29, 1.82) is 0 Å². The van der Waals surface area contributed by atoms with Crippen LogP contribution in [0.4, 0.5) is 5.69 Å². The van der Waals surface area contributed by atoms with E-state index < -0.39 is 35.1 Å². The first-order valence-corrected chi connectivity index (χ1v) is 9.83. The van der Waals surface area contributed by atoms with Crippen molar-refractivity contribution in [2.45, 2.75) is 64.3 Å². The Bertz CT molecular complexity index is 888. The Morgan fingerprint density at radius 1 is 1.21 bits per heavy atom. The van der Waals surface area contributed by atoms with Crippen LogP contribution in [0.3, 0.4) is 0 Å². The number of carbonyl (C=O) groups is 3. The second kappa shape index (κ2) is 5.87. The highest BCUT2D eigenvalue weighted by atomic mass is 16.3. The minimum Gasteiger partial charge on any atom is -0.392 e. The van der Waals surface area contributed by atoms with Gasteiger partial charge in [-0.15, -0.1) is 0 Å². The van der Waals surface area contributed by atoms with Crippen LogP contribution in [0.25, 0.3) is 0 Å². The molecular weight excluding hydrogens is 358 g/mol. The monoisotopic (exact) mass is 385 g/mol. The van der Waals surface area contributed by atoms with Crippen LogP contribution in [0, 0.1) is 11.8 Å². The highest BCUT2D eigenvalue weighted by Crippen LogP contribution is 2.54. The van der Waals surface area contributed by atoms with E-state index in [0.717, 1.165) is 12.0 Å². The summed E-state index contributed by atoms with van der Waals surface area (Å²) in [5, 5.41) is 16.6. The van der Waals surface area contributed by atoms with Gasteiger partial charge in [0.05, 0.1) is 17.9 Å². The number of carbonyl (C=O) groups excluding carboxylic acids is 3. The molecule has 0 radical (unpaired) electrons. The zero-order valence-electron chi connectivity index (χ0n) is 16.9. The molecular formula is C21H27N3O4. The fourth-order valence-corrected chi connectivity index (χ4v) is 5.19. The molecule has 3 amide bonds. The summed E-state index contributed by atoms with van der Waals surface area (Å²) in [5.74, 6) is -2.69. The summed E-state index contributed by atoms with van der Waals surface area (Å²) >= 11 is 0. The number of hydrogen-bond acceptors (Lipinski definition) is 5. The lowest BCUT2D eigenvalue weighted by Crippen LogP contribution is -2.57. The van der Waals surface area contributed by atoms with Gasteiger partial charge in [0.25, 0.3) is 0 Å². The summed E-state index contributed by atoms with van der Waals surface area (Å²) in [6.45, 7) is 9.00. The first-order valence-electron chi connectivity index (χ1n) is 9.83. The van der Waals surface area contributed by atoms with Gasteiger partial charge in [0, 0.05) is 22.8 Å². The number of likely N-dealkylation sites (tertiary alicyclic amines) is 1. The summed E-state index contributed by atoms with van der Waals surface area (Å²) < 4.78 is 0.